The maximum Gasteiger partial charge on any atom is 0.129 e. The van der Waals surface area contributed by atoms with Gasteiger partial charge in [-0.2, -0.15) is 0 Å². The second-order valence-electron chi connectivity index (χ2n) is 8.54. The average Bonchev–Trinajstić information content (AvgIpc) is 2.69. The van der Waals surface area contributed by atoms with Crippen molar-refractivity contribution in [2.45, 2.75) is 44.6 Å². The Kier molecular flexibility index (Phi) is 5.78. The van der Waals surface area contributed by atoms with E-state index >= 15 is 0 Å². The zero-order chi connectivity index (χ0) is 21.4. The summed E-state index contributed by atoms with van der Waals surface area (Å²) in [5.74, 6) is -1.20. The number of benzene rings is 2. The molecule has 3 nitrogen and oxygen atoms in total. The van der Waals surface area contributed by atoms with Gasteiger partial charge < -0.3 is 10.6 Å². The molecule has 0 amide bonds. The Labute approximate surface area is 176 Å². The first-order chi connectivity index (χ1) is 14.3. The minimum absolute atomic E-state index is 0.100. The Morgan fingerprint density at radius 2 is 1.80 bits per heavy atom. The number of halogens is 3. The largest absolute Gasteiger partial charge is 0.397 e. The van der Waals surface area contributed by atoms with Crippen LogP contribution in [0.4, 0.5) is 24.5 Å². The van der Waals surface area contributed by atoms with Crippen LogP contribution in [0.5, 0.6) is 0 Å². The Morgan fingerprint density at radius 1 is 1.07 bits per heavy atom. The number of hydrogen-bond acceptors (Lipinski definition) is 3. The van der Waals surface area contributed by atoms with E-state index in [2.05, 4.69) is 23.3 Å². The van der Waals surface area contributed by atoms with Gasteiger partial charge in [0.25, 0.3) is 0 Å². The highest BCUT2D eigenvalue weighted by molar-refractivity contribution is 5.75. The van der Waals surface area contributed by atoms with Crippen LogP contribution >= 0.6 is 0 Å². The molecule has 0 aromatic heterocycles. The first-order valence-electron chi connectivity index (χ1n) is 10.6. The Bertz CT molecular complexity index is 951. The molecule has 0 spiro atoms. The van der Waals surface area contributed by atoms with Gasteiger partial charge in [0.2, 0.25) is 0 Å². The second kappa shape index (κ2) is 8.34. The molecule has 0 saturated carbocycles. The standard InChI is InChI=1S/C24H28F3N3/c1-15-3-4-18-11-20(26)13-23(28)24(18)30(15)16(2)14-29-9-7-17(8-10-29)21-6-5-19(25)12-22(21)27/h5-6,11-13,15,17H,2-4,7-10,14,28H2,1H3. The van der Waals surface area contributed by atoms with Crippen LogP contribution in [0.2, 0.25) is 0 Å². The first kappa shape index (κ1) is 20.8. The van der Waals surface area contributed by atoms with E-state index in [0.717, 1.165) is 61.8 Å². The van der Waals surface area contributed by atoms with Crippen LogP contribution in [0, 0.1) is 17.5 Å². The molecule has 6 heteroatoms. The fraction of sp³-hybridized carbons (Fsp3) is 0.417. The predicted molar refractivity (Wildman–Crippen MR) is 115 cm³/mol. The number of anilines is 2. The molecule has 2 aromatic carbocycles. The van der Waals surface area contributed by atoms with E-state index < -0.39 is 11.6 Å². The van der Waals surface area contributed by atoms with Gasteiger partial charge >= 0.3 is 0 Å². The Hall–Kier alpha value is -2.47. The zero-order valence-corrected chi connectivity index (χ0v) is 17.3. The molecule has 30 heavy (non-hydrogen) atoms. The van der Waals surface area contributed by atoms with Crippen molar-refractivity contribution in [3.63, 3.8) is 0 Å². The number of likely N-dealkylation sites (tertiary alicyclic amines) is 1. The van der Waals surface area contributed by atoms with Gasteiger partial charge in [-0.25, -0.2) is 13.2 Å². The lowest BCUT2D eigenvalue weighted by atomic mass is 9.89. The van der Waals surface area contributed by atoms with Crippen LogP contribution in [0.1, 0.15) is 43.2 Å². The van der Waals surface area contributed by atoms with Crippen molar-refractivity contribution in [1.82, 2.24) is 4.90 Å². The number of hydrogen-bond donors (Lipinski definition) is 1. The highest BCUT2D eigenvalue weighted by Gasteiger charge is 2.30. The summed E-state index contributed by atoms with van der Waals surface area (Å²) in [6, 6.07) is 7.04. The molecule has 0 aliphatic carbocycles. The minimum Gasteiger partial charge on any atom is -0.397 e. The van der Waals surface area contributed by atoms with Crippen molar-refractivity contribution in [2.75, 3.05) is 30.3 Å². The first-order valence-corrected chi connectivity index (χ1v) is 10.6. The molecular weight excluding hydrogens is 387 g/mol. The monoisotopic (exact) mass is 415 g/mol. The van der Waals surface area contributed by atoms with Crippen LogP contribution in [0.15, 0.2) is 42.6 Å². The van der Waals surface area contributed by atoms with E-state index in [4.69, 9.17) is 5.73 Å². The molecule has 2 heterocycles. The van der Waals surface area contributed by atoms with E-state index in [1.807, 2.05) is 0 Å². The fourth-order valence-corrected chi connectivity index (χ4v) is 4.92. The summed E-state index contributed by atoms with van der Waals surface area (Å²) in [5.41, 5.74) is 9.97. The SMILES string of the molecule is C=C(CN1CCC(c2ccc(F)cc2F)CC1)N1c2c(N)cc(F)cc2CCC1C. The predicted octanol–water partition coefficient (Wildman–Crippen LogP) is 5.22. The molecule has 0 radical (unpaired) electrons. The summed E-state index contributed by atoms with van der Waals surface area (Å²) in [6.07, 6.45) is 3.35. The van der Waals surface area contributed by atoms with Gasteiger partial charge in [0, 0.05) is 24.4 Å². The maximum absolute atomic E-state index is 14.1. The van der Waals surface area contributed by atoms with Crippen LogP contribution in [0.3, 0.4) is 0 Å². The van der Waals surface area contributed by atoms with Gasteiger partial charge in [0.05, 0.1) is 11.4 Å². The maximum atomic E-state index is 14.1. The number of nitrogens with two attached hydrogens (primary N) is 1. The summed E-state index contributed by atoms with van der Waals surface area (Å²) in [6.45, 7) is 8.77. The summed E-state index contributed by atoms with van der Waals surface area (Å²) < 4.78 is 41.1. The number of rotatable bonds is 4. The Balaban J connectivity index is 1.43. The van der Waals surface area contributed by atoms with E-state index in [9.17, 15) is 13.2 Å². The molecule has 1 atom stereocenters. The van der Waals surface area contributed by atoms with Gasteiger partial charge in [-0.05, 0) is 80.9 Å². The molecule has 4 rings (SSSR count). The lowest BCUT2D eigenvalue weighted by Crippen LogP contribution is -2.42. The highest BCUT2D eigenvalue weighted by atomic mass is 19.1. The molecule has 1 fully saturated rings. The lowest BCUT2D eigenvalue weighted by Gasteiger charge is -2.41. The summed E-state index contributed by atoms with van der Waals surface area (Å²) in [5, 5.41) is 0. The number of nitrogen functional groups attached to an aromatic ring is 1. The van der Waals surface area contributed by atoms with Crippen LogP contribution in [-0.2, 0) is 6.42 Å². The number of piperidine rings is 1. The molecule has 1 saturated heterocycles. The van der Waals surface area contributed by atoms with Gasteiger partial charge in [0.15, 0.2) is 0 Å². The fourth-order valence-electron chi connectivity index (χ4n) is 4.92. The van der Waals surface area contributed by atoms with Gasteiger partial charge in [-0.15, -0.1) is 0 Å². The topological polar surface area (TPSA) is 32.5 Å². The van der Waals surface area contributed by atoms with Crippen LogP contribution in [-0.4, -0.2) is 30.6 Å². The molecule has 1 unspecified atom stereocenters. The van der Waals surface area contributed by atoms with E-state index in [1.165, 1.54) is 12.1 Å². The summed E-state index contributed by atoms with van der Waals surface area (Å²) in [7, 11) is 0. The van der Waals surface area contributed by atoms with E-state index in [-0.39, 0.29) is 17.8 Å². The van der Waals surface area contributed by atoms with Gasteiger partial charge in [-0.1, -0.05) is 12.6 Å². The van der Waals surface area contributed by atoms with E-state index in [1.54, 1.807) is 12.1 Å². The third-order valence-electron chi connectivity index (χ3n) is 6.43. The molecule has 0 bridgehead atoms. The number of fused-ring (bicyclic) bond motifs is 1. The summed E-state index contributed by atoms with van der Waals surface area (Å²) >= 11 is 0. The van der Waals surface area contributed by atoms with Crippen molar-refractivity contribution < 1.29 is 13.2 Å². The third-order valence-corrected chi connectivity index (χ3v) is 6.43. The number of aryl methyl sites for hydroxylation is 1. The smallest absolute Gasteiger partial charge is 0.129 e. The molecular formula is C24H28F3N3. The van der Waals surface area contributed by atoms with Gasteiger partial charge in [-0.3, -0.25) is 4.90 Å². The molecule has 160 valence electrons. The summed E-state index contributed by atoms with van der Waals surface area (Å²) in [4.78, 5) is 4.46. The molecule has 2 N–H and O–H groups in total. The second-order valence-corrected chi connectivity index (χ2v) is 8.54. The van der Waals surface area contributed by atoms with Crippen molar-refractivity contribution in [1.29, 1.82) is 0 Å². The minimum atomic E-state index is -0.542. The highest BCUT2D eigenvalue weighted by Crippen LogP contribution is 2.39. The van der Waals surface area contributed by atoms with E-state index in [0.29, 0.717) is 17.8 Å². The normalized spacial score (nSPS) is 20.3. The van der Waals surface area contributed by atoms with Crippen molar-refractivity contribution >= 4 is 11.4 Å². The number of nitrogens with zero attached hydrogens (tertiary/aromatic N) is 2. The van der Waals surface area contributed by atoms with Crippen molar-refractivity contribution in [3.05, 3.63) is 71.2 Å². The Morgan fingerprint density at radius 3 is 2.50 bits per heavy atom. The van der Waals surface area contributed by atoms with Crippen molar-refractivity contribution in [3.8, 4) is 0 Å². The van der Waals surface area contributed by atoms with Crippen LogP contribution in [0.25, 0.3) is 0 Å². The third kappa shape index (κ3) is 4.06. The lowest BCUT2D eigenvalue weighted by molar-refractivity contribution is 0.224. The molecule has 2 aliphatic heterocycles. The average molecular weight is 416 g/mol. The zero-order valence-electron chi connectivity index (χ0n) is 17.3. The quantitative estimate of drug-likeness (QED) is 0.695. The van der Waals surface area contributed by atoms with Crippen molar-refractivity contribution in [2.24, 2.45) is 0 Å². The van der Waals surface area contributed by atoms with Crippen LogP contribution < -0.4 is 10.6 Å². The van der Waals surface area contributed by atoms with Gasteiger partial charge in [0.1, 0.15) is 17.5 Å². The molecule has 2 aromatic rings. The molecule has 2 aliphatic rings.